The molecular weight excluding hydrogens is 393 g/mol. The van der Waals surface area contributed by atoms with Crippen LogP contribution in [0.15, 0.2) is 12.1 Å². The van der Waals surface area contributed by atoms with E-state index in [0.29, 0.717) is 27.8 Å². The largest absolute Gasteiger partial charge is 0.496 e. The normalized spacial score (nSPS) is 23.1. The number of halogens is 2. The SMILES string of the molecule is COc1ccc(Cl)c(Cl)c1C1CCN(C(=O)OC(C)(C)C)C(C)(C(=O)O)C1. The number of piperidine rings is 1. The van der Waals surface area contributed by atoms with Gasteiger partial charge in [-0.1, -0.05) is 23.2 Å². The number of carboxylic acids is 1. The van der Waals surface area contributed by atoms with E-state index < -0.39 is 23.2 Å². The van der Waals surface area contributed by atoms with Crippen molar-refractivity contribution in [3.8, 4) is 5.75 Å². The van der Waals surface area contributed by atoms with Gasteiger partial charge in [0.1, 0.15) is 16.9 Å². The van der Waals surface area contributed by atoms with Gasteiger partial charge in [-0.25, -0.2) is 9.59 Å². The van der Waals surface area contributed by atoms with Crippen molar-refractivity contribution in [3.63, 3.8) is 0 Å². The highest BCUT2D eigenvalue weighted by atomic mass is 35.5. The summed E-state index contributed by atoms with van der Waals surface area (Å²) in [6, 6.07) is 3.35. The number of methoxy groups -OCH3 is 1. The lowest BCUT2D eigenvalue weighted by molar-refractivity contribution is -0.152. The van der Waals surface area contributed by atoms with Gasteiger partial charge in [0.15, 0.2) is 0 Å². The zero-order chi connectivity index (χ0) is 20.6. The van der Waals surface area contributed by atoms with Crippen LogP contribution in [0, 0.1) is 0 Å². The first-order valence-corrected chi connectivity index (χ1v) is 9.42. The van der Waals surface area contributed by atoms with Crippen molar-refractivity contribution in [1.82, 2.24) is 4.90 Å². The minimum Gasteiger partial charge on any atom is -0.496 e. The Labute approximate surface area is 169 Å². The van der Waals surface area contributed by atoms with E-state index in [-0.39, 0.29) is 18.9 Å². The molecule has 1 N–H and O–H groups in total. The summed E-state index contributed by atoms with van der Waals surface area (Å²) in [4.78, 5) is 26.0. The fourth-order valence-electron chi connectivity index (χ4n) is 3.39. The topological polar surface area (TPSA) is 76.1 Å². The molecule has 1 aromatic rings. The molecule has 0 radical (unpaired) electrons. The van der Waals surface area contributed by atoms with Crippen LogP contribution in [0.1, 0.15) is 52.0 Å². The molecule has 8 heteroatoms. The van der Waals surface area contributed by atoms with Crippen molar-refractivity contribution in [2.45, 2.75) is 57.6 Å². The van der Waals surface area contributed by atoms with Crippen molar-refractivity contribution in [2.24, 2.45) is 0 Å². The molecule has 1 aromatic carbocycles. The molecule has 0 bridgehead atoms. The standard InChI is InChI=1S/C19H25Cl2NO5/c1-18(2,3)27-17(25)22-9-8-11(10-19(22,4)16(23)24)14-13(26-5)7-6-12(20)15(14)21/h6-7,11H,8-10H2,1-5H3,(H,23,24). The quantitative estimate of drug-likeness (QED) is 0.751. The van der Waals surface area contributed by atoms with Crippen LogP contribution in [0.3, 0.4) is 0 Å². The summed E-state index contributed by atoms with van der Waals surface area (Å²) >= 11 is 12.6. The summed E-state index contributed by atoms with van der Waals surface area (Å²) in [6.45, 7) is 6.97. The summed E-state index contributed by atoms with van der Waals surface area (Å²) in [5.41, 5.74) is -1.49. The van der Waals surface area contributed by atoms with E-state index in [9.17, 15) is 14.7 Å². The van der Waals surface area contributed by atoms with Crippen LogP contribution in [0.4, 0.5) is 4.79 Å². The molecule has 2 rings (SSSR count). The van der Waals surface area contributed by atoms with Crippen LogP contribution >= 0.6 is 23.2 Å². The maximum atomic E-state index is 12.6. The van der Waals surface area contributed by atoms with Crippen LogP contribution in [-0.4, -0.2) is 46.9 Å². The van der Waals surface area contributed by atoms with E-state index in [1.165, 1.54) is 18.9 Å². The van der Waals surface area contributed by atoms with Crippen LogP contribution in [0.25, 0.3) is 0 Å². The number of carbonyl (C=O) groups excluding carboxylic acids is 1. The second-order valence-corrected chi connectivity index (χ2v) is 8.66. The molecule has 0 aromatic heterocycles. The third kappa shape index (κ3) is 4.43. The molecule has 0 saturated carbocycles. The number of benzene rings is 1. The predicted octanol–water partition coefficient (Wildman–Crippen LogP) is 4.96. The van der Waals surface area contributed by atoms with Crippen molar-refractivity contribution in [2.75, 3.05) is 13.7 Å². The summed E-state index contributed by atoms with van der Waals surface area (Å²) < 4.78 is 10.8. The lowest BCUT2D eigenvalue weighted by Gasteiger charge is -2.45. The van der Waals surface area contributed by atoms with Crippen LogP contribution in [0.5, 0.6) is 5.75 Å². The van der Waals surface area contributed by atoms with E-state index >= 15 is 0 Å². The molecule has 1 fully saturated rings. The molecular formula is C19H25Cl2NO5. The number of nitrogens with zero attached hydrogens (tertiary/aromatic N) is 1. The lowest BCUT2D eigenvalue weighted by Crippen LogP contribution is -2.59. The molecule has 1 heterocycles. The Bertz CT molecular complexity index is 746. The van der Waals surface area contributed by atoms with Crippen LogP contribution in [-0.2, 0) is 9.53 Å². The molecule has 1 aliphatic heterocycles. The van der Waals surface area contributed by atoms with Crippen molar-refractivity contribution < 1.29 is 24.2 Å². The van der Waals surface area contributed by atoms with Gasteiger partial charge in [0.25, 0.3) is 0 Å². The summed E-state index contributed by atoms with van der Waals surface area (Å²) in [5, 5.41) is 10.6. The third-order valence-electron chi connectivity index (χ3n) is 4.74. The minimum atomic E-state index is -1.44. The Kier molecular flexibility index (Phi) is 6.22. The highest BCUT2D eigenvalue weighted by Crippen LogP contribution is 2.46. The van der Waals surface area contributed by atoms with Gasteiger partial charge in [0.05, 0.1) is 17.2 Å². The van der Waals surface area contributed by atoms with Crippen LogP contribution in [0.2, 0.25) is 10.0 Å². The second-order valence-electron chi connectivity index (χ2n) is 7.88. The first-order chi connectivity index (χ1) is 12.4. The maximum absolute atomic E-state index is 12.6. The van der Waals surface area contributed by atoms with E-state index in [1.54, 1.807) is 32.9 Å². The third-order valence-corrected chi connectivity index (χ3v) is 5.56. The van der Waals surface area contributed by atoms with Crippen molar-refractivity contribution >= 4 is 35.3 Å². The van der Waals surface area contributed by atoms with E-state index in [2.05, 4.69) is 0 Å². The first-order valence-electron chi connectivity index (χ1n) is 8.66. The Morgan fingerprint density at radius 1 is 1.30 bits per heavy atom. The molecule has 150 valence electrons. The van der Waals surface area contributed by atoms with Gasteiger partial charge >= 0.3 is 12.1 Å². The number of amides is 1. The average molecular weight is 418 g/mol. The molecule has 0 aliphatic carbocycles. The summed E-state index contributed by atoms with van der Waals surface area (Å²) in [6.07, 6.45) is 0.0336. The van der Waals surface area contributed by atoms with Crippen LogP contribution < -0.4 is 4.74 Å². The number of carboxylic acid groups (broad SMARTS) is 1. The second kappa shape index (κ2) is 7.76. The van der Waals surface area contributed by atoms with Gasteiger partial charge < -0.3 is 14.6 Å². The summed E-state index contributed by atoms with van der Waals surface area (Å²) in [5.74, 6) is -0.783. The lowest BCUT2D eigenvalue weighted by atomic mass is 9.78. The fraction of sp³-hybridized carbons (Fsp3) is 0.579. The molecule has 1 saturated heterocycles. The van der Waals surface area contributed by atoms with Gasteiger partial charge in [0, 0.05) is 12.1 Å². The van der Waals surface area contributed by atoms with Gasteiger partial charge in [-0.15, -0.1) is 0 Å². The molecule has 2 atom stereocenters. The fourth-order valence-corrected chi connectivity index (χ4v) is 3.86. The maximum Gasteiger partial charge on any atom is 0.411 e. The van der Waals surface area contributed by atoms with Gasteiger partial charge in [-0.05, 0) is 58.6 Å². The number of likely N-dealkylation sites (tertiary alicyclic amines) is 1. The Balaban J connectivity index is 2.40. The van der Waals surface area contributed by atoms with Crippen molar-refractivity contribution in [1.29, 1.82) is 0 Å². The number of ether oxygens (including phenoxy) is 2. The molecule has 27 heavy (non-hydrogen) atoms. The molecule has 6 nitrogen and oxygen atoms in total. The van der Waals surface area contributed by atoms with E-state index in [0.717, 1.165) is 0 Å². The van der Waals surface area contributed by atoms with Gasteiger partial charge in [-0.3, -0.25) is 4.90 Å². The van der Waals surface area contributed by atoms with E-state index in [1.807, 2.05) is 0 Å². The smallest absolute Gasteiger partial charge is 0.411 e. The Hall–Kier alpha value is -1.66. The Morgan fingerprint density at radius 2 is 1.93 bits per heavy atom. The number of rotatable bonds is 3. The highest BCUT2D eigenvalue weighted by Gasteiger charge is 2.49. The molecule has 0 spiro atoms. The minimum absolute atomic E-state index is 0.165. The molecule has 1 aliphatic rings. The highest BCUT2D eigenvalue weighted by molar-refractivity contribution is 6.42. The number of hydrogen-bond donors (Lipinski definition) is 1. The van der Waals surface area contributed by atoms with Gasteiger partial charge in [0.2, 0.25) is 0 Å². The first kappa shape index (κ1) is 21.6. The van der Waals surface area contributed by atoms with Crippen molar-refractivity contribution in [3.05, 3.63) is 27.7 Å². The molecule has 1 amide bonds. The van der Waals surface area contributed by atoms with E-state index in [4.69, 9.17) is 32.7 Å². The molecule has 2 unspecified atom stereocenters. The summed E-state index contributed by atoms with van der Waals surface area (Å²) in [7, 11) is 1.52. The average Bonchev–Trinajstić information content (AvgIpc) is 2.55. The number of aliphatic carboxylic acids is 1. The zero-order valence-corrected chi connectivity index (χ0v) is 17.6. The number of carbonyl (C=O) groups is 2. The monoisotopic (exact) mass is 417 g/mol. The Morgan fingerprint density at radius 3 is 2.44 bits per heavy atom. The number of hydrogen-bond acceptors (Lipinski definition) is 4. The zero-order valence-electron chi connectivity index (χ0n) is 16.1. The van der Waals surface area contributed by atoms with Gasteiger partial charge in [-0.2, -0.15) is 0 Å². The predicted molar refractivity (Wildman–Crippen MR) is 104 cm³/mol.